The van der Waals surface area contributed by atoms with Gasteiger partial charge in [0.1, 0.15) is 12.4 Å². The summed E-state index contributed by atoms with van der Waals surface area (Å²) in [5, 5.41) is 5.13. The topological polar surface area (TPSA) is 69.2 Å². The first-order valence-electron chi connectivity index (χ1n) is 9.81. The highest BCUT2D eigenvalue weighted by atomic mass is 35.5. The van der Waals surface area contributed by atoms with Gasteiger partial charge in [0.05, 0.1) is 25.5 Å². The summed E-state index contributed by atoms with van der Waals surface area (Å²) in [5.41, 5.74) is 4.43. The number of nitrogens with zero attached hydrogens (tertiary/aromatic N) is 1. The molecule has 0 aliphatic heterocycles. The summed E-state index contributed by atoms with van der Waals surface area (Å²) in [6.07, 6.45) is 1.52. The van der Waals surface area contributed by atoms with E-state index in [-0.39, 0.29) is 12.5 Å². The average Bonchev–Trinajstić information content (AvgIpc) is 2.79. The molecule has 0 aliphatic rings. The fourth-order valence-electron chi connectivity index (χ4n) is 2.84. The minimum Gasteiger partial charge on any atom is -0.496 e. The molecule has 1 N–H and O–H groups in total. The first-order chi connectivity index (χ1) is 15.5. The summed E-state index contributed by atoms with van der Waals surface area (Å²) in [4.78, 5) is 12.3. The van der Waals surface area contributed by atoms with E-state index in [9.17, 15) is 4.79 Å². The van der Waals surface area contributed by atoms with Gasteiger partial charge >= 0.3 is 0 Å². The van der Waals surface area contributed by atoms with Crippen LogP contribution in [0.1, 0.15) is 28.4 Å². The molecule has 0 atom stereocenters. The molecule has 3 rings (SSSR count). The zero-order chi connectivity index (χ0) is 22.9. The lowest BCUT2D eigenvalue weighted by Crippen LogP contribution is -2.18. The van der Waals surface area contributed by atoms with Crippen LogP contribution in [0.2, 0.25) is 10.0 Å². The minimum atomic E-state index is -0.372. The van der Waals surface area contributed by atoms with Crippen LogP contribution in [0, 0.1) is 0 Å². The van der Waals surface area contributed by atoms with E-state index in [4.69, 9.17) is 37.4 Å². The van der Waals surface area contributed by atoms with E-state index in [2.05, 4.69) is 10.5 Å². The summed E-state index contributed by atoms with van der Waals surface area (Å²) >= 11 is 12.2. The van der Waals surface area contributed by atoms with Crippen molar-refractivity contribution in [3.63, 3.8) is 0 Å². The summed E-state index contributed by atoms with van der Waals surface area (Å²) < 4.78 is 16.8. The normalized spacial score (nSPS) is 10.8. The Labute approximate surface area is 196 Å². The van der Waals surface area contributed by atoms with Crippen molar-refractivity contribution in [2.45, 2.75) is 13.5 Å². The second-order valence-corrected chi connectivity index (χ2v) is 7.41. The van der Waals surface area contributed by atoms with Crippen molar-refractivity contribution in [1.29, 1.82) is 0 Å². The summed E-state index contributed by atoms with van der Waals surface area (Å²) in [5.74, 6) is 1.22. The zero-order valence-electron chi connectivity index (χ0n) is 17.6. The van der Waals surface area contributed by atoms with Crippen LogP contribution in [0.25, 0.3) is 0 Å². The van der Waals surface area contributed by atoms with Gasteiger partial charge in [-0.25, -0.2) is 5.43 Å². The highest BCUT2D eigenvalue weighted by Crippen LogP contribution is 2.30. The molecular weight excluding hydrogens is 451 g/mol. The number of carbonyl (C=O) groups excluding carboxylic acids is 1. The minimum absolute atomic E-state index is 0.262. The molecule has 0 bridgehead atoms. The number of methoxy groups -OCH3 is 1. The Hall–Kier alpha value is -3.22. The molecular formula is C24H22Cl2N2O4. The number of hydrazone groups is 1. The van der Waals surface area contributed by atoms with Gasteiger partial charge in [0.25, 0.3) is 5.91 Å². The number of halogens is 2. The van der Waals surface area contributed by atoms with Gasteiger partial charge in [-0.05, 0) is 55.0 Å². The van der Waals surface area contributed by atoms with E-state index >= 15 is 0 Å². The van der Waals surface area contributed by atoms with Crippen LogP contribution < -0.4 is 19.6 Å². The number of amides is 1. The van der Waals surface area contributed by atoms with Crippen LogP contribution in [0.4, 0.5) is 0 Å². The Morgan fingerprint density at radius 2 is 1.81 bits per heavy atom. The largest absolute Gasteiger partial charge is 0.496 e. The van der Waals surface area contributed by atoms with Crippen molar-refractivity contribution in [1.82, 2.24) is 5.43 Å². The van der Waals surface area contributed by atoms with E-state index in [1.807, 2.05) is 13.0 Å². The predicted octanol–water partition coefficient (Wildman–Crippen LogP) is 5.74. The van der Waals surface area contributed by atoms with Crippen molar-refractivity contribution in [2.24, 2.45) is 5.10 Å². The molecule has 0 unspecified atom stereocenters. The Morgan fingerprint density at radius 3 is 2.56 bits per heavy atom. The zero-order valence-corrected chi connectivity index (χ0v) is 19.1. The molecule has 3 aromatic carbocycles. The standard InChI is InChI=1S/C24H22Cl2N2O4/c1-3-31-23-12-16(14-27-28-24(29)19-6-4-5-7-21(19)30-2)8-11-22(23)32-15-17-9-10-18(25)13-20(17)26/h4-14H,3,15H2,1-2H3,(H,28,29)/b27-14+. The lowest BCUT2D eigenvalue weighted by molar-refractivity contribution is 0.0952. The van der Waals surface area contributed by atoms with Crippen LogP contribution in [-0.4, -0.2) is 25.8 Å². The maximum atomic E-state index is 12.3. The molecule has 3 aromatic rings. The second kappa shape index (κ2) is 11.4. The maximum Gasteiger partial charge on any atom is 0.275 e. The van der Waals surface area contributed by atoms with E-state index < -0.39 is 0 Å². The predicted molar refractivity (Wildman–Crippen MR) is 126 cm³/mol. The SMILES string of the molecule is CCOc1cc(/C=N/NC(=O)c2ccccc2OC)ccc1OCc1ccc(Cl)cc1Cl. The van der Waals surface area contributed by atoms with Crippen LogP contribution >= 0.6 is 23.2 Å². The molecule has 0 radical (unpaired) electrons. The molecule has 6 nitrogen and oxygen atoms in total. The number of ether oxygens (including phenoxy) is 3. The van der Waals surface area contributed by atoms with Gasteiger partial charge in [-0.1, -0.05) is 41.4 Å². The third kappa shape index (κ3) is 6.15. The van der Waals surface area contributed by atoms with Gasteiger partial charge in [0.2, 0.25) is 0 Å². The van der Waals surface area contributed by atoms with Crippen LogP contribution in [0.3, 0.4) is 0 Å². The number of hydrogen-bond donors (Lipinski definition) is 1. The molecule has 0 aromatic heterocycles. The molecule has 8 heteroatoms. The van der Waals surface area contributed by atoms with Crippen LogP contribution in [-0.2, 0) is 6.61 Å². The highest BCUT2D eigenvalue weighted by molar-refractivity contribution is 6.35. The van der Waals surface area contributed by atoms with Gasteiger partial charge < -0.3 is 14.2 Å². The van der Waals surface area contributed by atoms with E-state index in [1.165, 1.54) is 13.3 Å². The Balaban J connectivity index is 1.68. The number of rotatable bonds is 9. The Morgan fingerprint density at radius 1 is 1.00 bits per heavy atom. The van der Waals surface area contributed by atoms with E-state index in [0.29, 0.717) is 39.5 Å². The van der Waals surface area contributed by atoms with E-state index in [1.54, 1.807) is 54.6 Å². The van der Waals surface area contributed by atoms with Crippen LogP contribution in [0.5, 0.6) is 17.2 Å². The number of hydrogen-bond acceptors (Lipinski definition) is 5. The van der Waals surface area contributed by atoms with Crippen molar-refractivity contribution in [3.8, 4) is 17.2 Å². The molecule has 0 spiro atoms. The van der Waals surface area contributed by atoms with Gasteiger partial charge in [-0.15, -0.1) is 0 Å². The Kier molecular flexibility index (Phi) is 8.36. The molecule has 0 heterocycles. The summed E-state index contributed by atoms with van der Waals surface area (Å²) in [6, 6.07) is 17.5. The molecule has 32 heavy (non-hydrogen) atoms. The highest BCUT2D eigenvalue weighted by Gasteiger charge is 2.11. The molecule has 0 saturated heterocycles. The van der Waals surface area contributed by atoms with Gasteiger partial charge in [-0.2, -0.15) is 5.10 Å². The van der Waals surface area contributed by atoms with E-state index in [0.717, 1.165) is 11.1 Å². The fraction of sp³-hybridized carbons (Fsp3) is 0.167. The van der Waals surface area contributed by atoms with Crippen molar-refractivity contribution < 1.29 is 19.0 Å². The third-order valence-corrected chi connectivity index (χ3v) is 4.98. The summed E-state index contributed by atoms with van der Waals surface area (Å²) in [7, 11) is 1.51. The van der Waals surface area contributed by atoms with Gasteiger partial charge in [-0.3, -0.25) is 4.79 Å². The number of nitrogens with one attached hydrogen (secondary N) is 1. The molecule has 0 fully saturated rings. The van der Waals surface area contributed by atoms with Crippen LogP contribution in [0.15, 0.2) is 65.8 Å². The van der Waals surface area contributed by atoms with Gasteiger partial charge in [0, 0.05) is 15.6 Å². The first kappa shape index (κ1) is 23.4. The maximum absolute atomic E-state index is 12.3. The van der Waals surface area contributed by atoms with Crippen molar-refractivity contribution in [3.05, 3.63) is 87.4 Å². The quantitative estimate of drug-likeness (QED) is 0.318. The van der Waals surface area contributed by atoms with Crippen molar-refractivity contribution in [2.75, 3.05) is 13.7 Å². The van der Waals surface area contributed by atoms with Crippen molar-refractivity contribution >= 4 is 35.3 Å². The first-order valence-corrected chi connectivity index (χ1v) is 10.6. The number of benzene rings is 3. The average molecular weight is 473 g/mol. The summed E-state index contributed by atoms with van der Waals surface area (Å²) in [6.45, 7) is 2.61. The lowest BCUT2D eigenvalue weighted by Gasteiger charge is -2.13. The smallest absolute Gasteiger partial charge is 0.275 e. The Bertz CT molecular complexity index is 1120. The molecule has 166 valence electrons. The van der Waals surface area contributed by atoms with Gasteiger partial charge in [0.15, 0.2) is 11.5 Å². The number of para-hydroxylation sites is 1. The fourth-order valence-corrected chi connectivity index (χ4v) is 3.31. The molecule has 0 aliphatic carbocycles. The lowest BCUT2D eigenvalue weighted by atomic mass is 10.2. The molecule has 0 saturated carbocycles. The third-order valence-electron chi connectivity index (χ3n) is 4.40. The molecule has 1 amide bonds. The monoisotopic (exact) mass is 472 g/mol. The second-order valence-electron chi connectivity index (χ2n) is 6.56. The number of carbonyl (C=O) groups is 1.